The second-order valence-electron chi connectivity index (χ2n) is 5.34. The normalized spacial score (nSPS) is 14.1. The lowest BCUT2D eigenvalue weighted by atomic mass is 10.3. The SMILES string of the molecule is O=C(NCc1ccc(N2CCCC2)nc1)NCc1ccn[nH]1. The van der Waals surface area contributed by atoms with Crippen LogP contribution in [0.5, 0.6) is 0 Å². The molecule has 3 N–H and O–H groups in total. The summed E-state index contributed by atoms with van der Waals surface area (Å²) in [5.74, 6) is 1.02. The Bertz CT molecular complexity index is 589. The molecule has 7 nitrogen and oxygen atoms in total. The molecule has 7 heteroatoms. The van der Waals surface area contributed by atoms with Crippen LogP contribution < -0.4 is 15.5 Å². The highest BCUT2D eigenvalue weighted by Gasteiger charge is 2.12. The van der Waals surface area contributed by atoms with Crippen LogP contribution in [0.4, 0.5) is 10.6 Å². The van der Waals surface area contributed by atoms with Gasteiger partial charge in [-0.25, -0.2) is 9.78 Å². The summed E-state index contributed by atoms with van der Waals surface area (Å²) in [6.45, 7) is 3.06. The lowest BCUT2D eigenvalue weighted by molar-refractivity contribution is 0.240. The van der Waals surface area contributed by atoms with Crippen LogP contribution in [0.3, 0.4) is 0 Å². The molecule has 2 aromatic heterocycles. The minimum Gasteiger partial charge on any atom is -0.357 e. The predicted molar refractivity (Wildman–Crippen MR) is 83.3 cm³/mol. The largest absolute Gasteiger partial charge is 0.357 e. The zero-order chi connectivity index (χ0) is 15.2. The second-order valence-corrected chi connectivity index (χ2v) is 5.34. The molecule has 0 aliphatic carbocycles. The second kappa shape index (κ2) is 6.93. The number of aromatic nitrogens is 3. The number of anilines is 1. The molecule has 0 aromatic carbocycles. The van der Waals surface area contributed by atoms with Crippen LogP contribution in [0.15, 0.2) is 30.6 Å². The maximum Gasteiger partial charge on any atom is 0.315 e. The summed E-state index contributed by atoms with van der Waals surface area (Å²) < 4.78 is 0. The number of aromatic amines is 1. The number of hydrogen-bond acceptors (Lipinski definition) is 4. The van der Waals surface area contributed by atoms with Crippen LogP contribution in [0.1, 0.15) is 24.1 Å². The number of rotatable bonds is 5. The van der Waals surface area contributed by atoms with E-state index in [1.54, 1.807) is 6.20 Å². The number of nitrogens with one attached hydrogen (secondary N) is 3. The Kier molecular flexibility index (Phi) is 4.53. The number of nitrogens with zero attached hydrogens (tertiary/aromatic N) is 3. The van der Waals surface area contributed by atoms with Crippen molar-refractivity contribution in [2.45, 2.75) is 25.9 Å². The van der Waals surface area contributed by atoms with E-state index in [0.29, 0.717) is 13.1 Å². The molecule has 0 spiro atoms. The van der Waals surface area contributed by atoms with Crippen molar-refractivity contribution < 1.29 is 4.79 Å². The summed E-state index contributed by atoms with van der Waals surface area (Å²) >= 11 is 0. The molecular weight excluding hydrogens is 280 g/mol. The van der Waals surface area contributed by atoms with Crippen molar-refractivity contribution in [1.29, 1.82) is 0 Å². The van der Waals surface area contributed by atoms with Crippen molar-refractivity contribution in [2.75, 3.05) is 18.0 Å². The zero-order valence-electron chi connectivity index (χ0n) is 12.4. The first-order valence-corrected chi connectivity index (χ1v) is 7.51. The zero-order valence-corrected chi connectivity index (χ0v) is 12.4. The molecule has 0 bridgehead atoms. The number of H-pyrrole nitrogens is 1. The van der Waals surface area contributed by atoms with Gasteiger partial charge >= 0.3 is 6.03 Å². The number of pyridine rings is 1. The monoisotopic (exact) mass is 300 g/mol. The van der Waals surface area contributed by atoms with E-state index in [4.69, 9.17) is 0 Å². The first-order valence-electron chi connectivity index (χ1n) is 7.51. The van der Waals surface area contributed by atoms with Crippen molar-refractivity contribution in [3.8, 4) is 0 Å². The Morgan fingerprint density at radius 1 is 1.18 bits per heavy atom. The summed E-state index contributed by atoms with van der Waals surface area (Å²) in [6.07, 6.45) is 5.95. The van der Waals surface area contributed by atoms with Crippen LogP contribution in [-0.2, 0) is 13.1 Å². The molecule has 0 saturated carbocycles. The van der Waals surface area contributed by atoms with E-state index >= 15 is 0 Å². The lowest BCUT2D eigenvalue weighted by Gasteiger charge is -2.16. The Labute approximate surface area is 129 Å². The van der Waals surface area contributed by atoms with Crippen molar-refractivity contribution in [2.24, 2.45) is 0 Å². The molecule has 0 unspecified atom stereocenters. The van der Waals surface area contributed by atoms with Gasteiger partial charge in [0.25, 0.3) is 0 Å². The topological polar surface area (TPSA) is 85.9 Å². The quantitative estimate of drug-likeness (QED) is 0.779. The number of urea groups is 1. The minimum atomic E-state index is -0.210. The van der Waals surface area contributed by atoms with Crippen molar-refractivity contribution in [3.63, 3.8) is 0 Å². The van der Waals surface area contributed by atoms with E-state index in [1.807, 2.05) is 24.4 Å². The van der Waals surface area contributed by atoms with Crippen LogP contribution >= 0.6 is 0 Å². The molecule has 116 valence electrons. The molecule has 22 heavy (non-hydrogen) atoms. The molecule has 2 amide bonds. The van der Waals surface area contributed by atoms with Gasteiger partial charge < -0.3 is 15.5 Å². The third-order valence-electron chi connectivity index (χ3n) is 3.69. The molecule has 1 aliphatic rings. The van der Waals surface area contributed by atoms with Crippen LogP contribution in [0.25, 0.3) is 0 Å². The first-order chi connectivity index (χ1) is 10.8. The van der Waals surface area contributed by atoms with E-state index in [-0.39, 0.29) is 6.03 Å². The van der Waals surface area contributed by atoms with Gasteiger partial charge in [-0.15, -0.1) is 0 Å². The number of carbonyl (C=O) groups is 1. The summed E-state index contributed by atoms with van der Waals surface area (Å²) in [7, 11) is 0. The maximum absolute atomic E-state index is 11.7. The van der Waals surface area contributed by atoms with Crippen LogP contribution in [0.2, 0.25) is 0 Å². The minimum absolute atomic E-state index is 0.210. The van der Waals surface area contributed by atoms with E-state index in [9.17, 15) is 4.79 Å². The molecular formula is C15H20N6O. The van der Waals surface area contributed by atoms with Gasteiger partial charge in [0.05, 0.1) is 12.2 Å². The smallest absolute Gasteiger partial charge is 0.315 e. The van der Waals surface area contributed by atoms with E-state index in [0.717, 1.165) is 30.2 Å². The molecule has 0 radical (unpaired) electrons. The van der Waals surface area contributed by atoms with Gasteiger partial charge in [-0.05, 0) is 30.5 Å². The molecule has 1 fully saturated rings. The first kappa shape index (κ1) is 14.4. The van der Waals surface area contributed by atoms with E-state index in [2.05, 4.69) is 30.7 Å². The number of hydrogen-bond donors (Lipinski definition) is 3. The highest BCUT2D eigenvalue weighted by atomic mass is 16.2. The van der Waals surface area contributed by atoms with Crippen molar-refractivity contribution in [1.82, 2.24) is 25.8 Å². The number of carbonyl (C=O) groups excluding carboxylic acids is 1. The average Bonchev–Trinajstić information content (AvgIpc) is 3.24. The molecule has 3 heterocycles. The Hall–Kier alpha value is -2.57. The van der Waals surface area contributed by atoms with Gasteiger partial charge in [0.2, 0.25) is 0 Å². The number of amides is 2. The summed E-state index contributed by atoms with van der Waals surface area (Å²) in [5.41, 5.74) is 1.85. The molecule has 3 rings (SSSR count). The molecule has 0 atom stereocenters. The van der Waals surface area contributed by atoms with Crippen LogP contribution in [0, 0.1) is 0 Å². The lowest BCUT2D eigenvalue weighted by Crippen LogP contribution is -2.34. The highest BCUT2D eigenvalue weighted by Crippen LogP contribution is 2.17. The fourth-order valence-electron chi connectivity index (χ4n) is 2.46. The van der Waals surface area contributed by atoms with Crippen molar-refractivity contribution >= 4 is 11.8 Å². The summed E-state index contributed by atoms with van der Waals surface area (Å²) in [5, 5.41) is 12.2. The Balaban J connectivity index is 1.43. The van der Waals surface area contributed by atoms with Gasteiger partial charge in [-0.1, -0.05) is 6.07 Å². The molecule has 1 aliphatic heterocycles. The van der Waals surface area contributed by atoms with Gasteiger partial charge in [0, 0.05) is 32.0 Å². The van der Waals surface area contributed by atoms with Gasteiger partial charge in [0.1, 0.15) is 5.82 Å². The summed E-state index contributed by atoms with van der Waals surface area (Å²) in [6, 6.07) is 5.64. The van der Waals surface area contributed by atoms with E-state index < -0.39 is 0 Å². The van der Waals surface area contributed by atoms with Crippen LogP contribution in [-0.4, -0.2) is 34.3 Å². The highest BCUT2D eigenvalue weighted by molar-refractivity contribution is 5.73. The molecule has 1 saturated heterocycles. The van der Waals surface area contributed by atoms with Gasteiger partial charge in [0.15, 0.2) is 0 Å². The maximum atomic E-state index is 11.7. The summed E-state index contributed by atoms with van der Waals surface area (Å²) in [4.78, 5) is 18.5. The standard InChI is InChI=1S/C15H20N6O/c22-15(18-11-13-5-6-19-20-13)17-10-12-3-4-14(16-9-12)21-7-1-2-8-21/h3-6,9H,1-2,7-8,10-11H2,(H,19,20)(H2,17,18,22). The Morgan fingerprint density at radius 2 is 2.00 bits per heavy atom. The van der Waals surface area contributed by atoms with Gasteiger partial charge in [-0.2, -0.15) is 5.10 Å². The average molecular weight is 300 g/mol. The fourth-order valence-corrected chi connectivity index (χ4v) is 2.46. The van der Waals surface area contributed by atoms with Gasteiger partial charge in [-0.3, -0.25) is 5.10 Å². The Morgan fingerprint density at radius 3 is 2.68 bits per heavy atom. The predicted octanol–water partition coefficient (Wildman–Crippen LogP) is 1.40. The third-order valence-corrected chi connectivity index (χ3v) is 3.69. The molecule has 2 aromatic rings. The third kappa shape index (κ3) is 3.75. The fraction of sp³-hybridized carbons (Fsp3) is 0.400. The van der Waals surface area contributed by atoms with Crippen molar-refractivity contribution in [3.05, 3.63) is 41.9 Å². The van der Waals surface area contributed by atoms with E-state index in [1.165, 1.54) is 12.8 Å².